The molecule has 0 fully saturated rings. The van der Waals surface area contributed by atoms with Crippen molar-refractivity contribution >= 4 is 17.7 Å². The average Bonchev–Trinajstić information content (AvgIpc) is 2.39. The summed E-state index contributed by atoms with van der Waals surface area (Å²) in [6, 6.07) is 7.72. The third kappa shape index (κ3) is 2.52. The van der Waals surface area contributed by atoms with E-state index in [1.54, 1.807) is 12.1 Å². The number of anilines is 1. The first-order valence-electron chi connectivity index (χ1n) is 5.38. The lowest BCUT2D eigenvalue weighted by Crippen LogP contribution is -2.14. The number of hydrogen-bond acceptors (Lipinski definition) is 4. The van der Waals surface area contributed by atoms with Crippen LogP contribution < -0.4 is 11.5 Å². The van der Waals surface area contributed by atoms with E-state index in [1.165, 1.54) is 24.4 Å². The minimum atomic E-state index is -1.00. The predicted octanol–water partition coefficient (Wildman–Crippen LogP) is 1.13. The molecule has 2 rings (SSSR count). The maximum absolute atomic E-state index is 11.2. The van der Waals surface area contributed by atoms with Crippen LogP contribution in [0.4, 0.5) is 5.82 Å². The van der Waals surface area contributed by atoms with Crippen LogP contribution >= 0.6 is 0 Å². The number of carbonyl (C=O) groups excluding carboxylic acids is 1. The molecule has 0 atom stereocenters. The number of carbonyl (C=O) groups is 2. The smallest absolute Gasteiger partial charge is 0.335 e. The summed E-state index contributed by atoms with van der Waals surface area (Å²) in [7, 11) is 0. The van der Waals surface area contributed by atoms with E-state index >= 15 is 0 Å². The number of primary amides is 1. The number of nitrogen functional groups attached to an aromatic ring is 1. The van der Waals surface area contributed by atoms with Gasteiger partial charge in [-0.25, -0.2) is 9.78 Å². The standard InChI is InChI=1S/C13H11N3O3/c14-11-10(12(15)17)5-9(6-16-11)7-1-3-8(4-2-7)13(18)19/h1-6H,(H2,14,16)(H2,15,17)(H,18,19). The van der Waals surface area contributed by atoms with Crippen molar-refractivity contribution < 1.29 is 14.7 Å². The van der Waals surface area contributed by atoms with Gasteiger partial charge in [-0.1, -0.05) is 12.1 Å². The molecule has 1 aromatic carbocycles. The number of rotatable bonds is 3. The Morgan fingerprint density at radius 3 is 2.26 bits per heavy atom. The van der Waals surface area contributed by atoms with Crippen LogP contribution in [0.25, 0.3) is 11.1 Å². The highest BCUT2D eigenvalue weighted by Crippen LogP contribution is 2.22. The molecule has 6 heteroatoms. The molecule has 19 heavy (non-hydrogen) atoms. The van der Waals surface area contributed by atoms with Gasteiger partial charge < -0.3 is 16.6 Å². The molecule has 1 heterocycles. The lowest BCUT2D eigenvalue weighted by molar-refractivity contribution is 0.0696. The Bertz CT molecular complexity index is 651. The average molecular weight is 257 g/mol. The van der Waals surface area contributed by atoms with Crippen LogP contribution in [0.5, 0.6) is 0 Å². The second-order valence-corrected chi connectivity index (χ2v) is 3.90. The molecule has 0 saturated heterocycles. The summed E-state index contributed by atoms with van der Waals surface area (Å²) >= 11 is 0. The van der Waals surface area contributed by atoms with E-state index in [1.807, 2.05) is 0 Å². The van der Waals surface area contributed by atoms with Crippen molar-refractivity contribution in [2.45, 2.75) is 0 Å². The number of aromatic nitrogens is 1. The van der Waals surface area contributed by atoms with Crippen LogP contribution in [0.2, 0.25) is 0 Å². The van der Waals surface area contributed by atoms with Gasteiger partial charge >= 0.3 is 5.97 Å². The van der Waals surface area contributed by atoms with Crippen LogP contribution in [-0.2, 0) is 0 Å². The summed E-state index contributed by atoms with van der Waals surface area (Å²) in [5.41, 5.74) is 12.4. The minimum absolute atomic E-state index is 0.0680. The quantitative estimate of drug-likeness (QED) is 0.761. The fourth-order valence-electron chi connectivity index (χ4n) is 1.64. The first-order valence-corrected chi connectivity index (χ1v) is 5.38. The first-order chi connectivity index (χ1) is 8.99. The van der Waals surface area contributed by atoms with Gasteiger partial charge in [-0.05, 0) is 23.8 Å². The Hall–Kier alpha value is -2.89. The summed E-state index contributed by atoms with van der Waals surface area (Å²) in [6.45, 7) is 0. The van der Waals surface area contributed by atoms with Crippen LogP contribution in [-0.4, -0.2) is 22.0 Å². The topological polar surface area (TPSA) is 119 Å². The van der Waals surface area contributed by atoms with Gasteiger partial charge in [0.1, 0.15) is 5.82 Å². The van der Waals surface area contributed by atoms with Gasteiger partial charge in [0, 0.05) is 11.8 Å². The summed E-state index contributed by atoms with van der Waals surface area (Å²) in [5.74, 6) is -1.59. The number of nitrogens with zero attached hydrogens (tertiary/aromatic N) is 1. The highest BCUT2D eigenvalue weighted by molar-refractivity contribution is 5.98. The van der Waals surface area contributed by atoms with E-state index in [-0.39, 0.29) is 16.9 Å². The van der Waals surface area contributed by atoms with Gasteiger partial charge in [0.2, 0.25) is 0 Å². The molecule has 5 N–H and O–H groups in total. The van der Waals surface area contributed by atoms with Crippen molar-refractivity contribution in [3.63, 3.8) is 0 Å². The number of nitrogens with two attached hydrogens (primary N) is 2. The van der Waals surface area contributed by atoms with Crippen molar-refractivity contribution in [2.75, 3.05) is 5.73 Å². The molecule has 0 spiro atoms. The molecule has 96 valence electrons. The molecule has 0 radical (unpaired) electrons. The fraction of sp³-hybridized carbons (Fsp3) is 0. The van der Waals surface area contributed by atoms with E-state index in [9.17, 15) is 9.59 Å². The number of carboxylic acids is 1. The monoisotopic (exact) mass is 257 g/mol. The Labute approximate surface area is 108 Å². The van der Waals surface area contributed by atoms with Crippen molar-refractivity contribution in [1.29, 1.82) is 0 Å². The van der Waals surface area contributed by atoms with Gasteiger partial charge in [-0.3, -0.25) is 4.79 Å². The van der Waals surface area contributed by atoms with Crippen molar-refractivity contribution in [2.24, 2.45) is 5.73 Å². The van der Waals surface area contributed by atoms with Gasteiger partial charge in [-0.2, -0.15) is 0 Å². The summed E-state index contributed by atoms with van der Waals surface area (Å²) in [4.78, 5) is 25.8. The van der Waals surface area contributed by atoms with Gasteiger partial charge in [0.05, 0.1) is 11.1 Å². The van der Waals surface area contributed by atoms with Crippen LogP contribution in [0.3, 0.4) is 0 Å². The third-order valence-corrected chi connectivity index (χ3v) is 2.65. The zero-order chi connectivity index (χ0) is 14.0. The first kappa shape index (κ1) is 12.6. The lowest BCUT2D eigenvalue weighted by atomic mass is 10.0. The zero-order valence-corrected chi connectivity index (χ0v) is 9.83. The van der Waals surface area contributed by atoms with E-state index in [0.29, 0.717) is 5.56 Å². The van der Waals surface area contributed by atoms with E-state index in [0.717, 1.165) is 5.56 Å². The Morgan fingerprint density at radius 1 is 1.11 bits per heavy atom. The molecule has 1 aromatic heterocycles. The largest absolute Gasteiger partial charge is 0.478 e. The number of hydrogen-bond donors (Lipinski definition) is 3. The molecule has 0 aliphatic heterocycles. The second kappa shape index (κ2) is 4.77. The summed E-state index contributed by atoms with van der Waals surface area (Å²) in [5, 5.41) is 8.81. The van der Waals surface area contributed by atoms with E-state index < -0.39 is 11.9 Å². The SMILES string of the molecule is NC(=O)c1cc(-c2ccc(C(=O)O)cc2)cnc1N. The molecular weight excluding hydrogens is 246 g/mol. The summed E-state index contributed by atoms with van der Waals surface area (Å²) < 4.78 is 0. The summed E-state index contributed by atoms with van der Waals surface area (Å²) in [6.07, 6.45) is 1.50. The fourth-order valence-corrected chi connectivity index (χ4v) is 1.64. The van der Waals surface area contributed by atoms with Crippen LogP contribution in [0.1, 0.15) is 20.7 Å². The molecule has 6 nitrogen and oxygen atoms in total. The molecule has 0 saturated carbocycles. The molecule has 2 aromatic rings. The minimum Gasteiger partial charge on any atom is -0.478 e. The normalized spacial score (nSPS) is 10.1. The Morgan fingerprint density at radius 2 is 1.74 bits per heavy atom. The number of pyridine rings is 1. The second-order valence-electron chi connectivity index (χ2n) is 3.90. The molecule has 0 unspecified atom stereocenters. The molecular formula is C13H11N3O3. The van der Waals surface area contributed by atoms with Gasteiger partial charge in [0.25, 0.3) is 5.91 Å². The van der Waals surface area contributed by atoms with Crippen LogP contribution in [0, 0.1) is 0 Å². The number of benzene rings is 1. The van der Waals surface area contributed by atoms with Crippen molar-refractivity contribution in [3.8, 4) is 11.1 Å². The molecule has 0 aliphatic carbocycles. The molecule has 1 amide bonds. The highest BCUT2D eigenvalue weighted by atomic mass is 16.4. The van der Waals surface area contributed by atoms with Crippen LogP contribution in [0.15, 0.2) is 36.5 Å². The maximum atomic E-state index is 11.2. The van der Waals surface area contributed by atoms with E-state index in [2.05, 4.69) is 4.98 Å². The number of carboxylic acid groups (broad SMARTS) is 1. The van der Waals surface area contributed by atoms with Crippen molar-refractivity contribution in [1.82, 2.24) is 4.98 Å². The number of aromatic carboxylic acids is 1. The molecule has 0 bridgehead atoms. The highest BCUT2D eigenvalue weighted by Gasteiger charge is 2.10. The zero-order valence-electron chi connectivity index (χ0n) is 9.83. The lowest BCUT2D eigenvalue weighted by Gasteiger charge is -2.05. The van der Waals surface area contributed by atoms with E-state index in [4.69, 9.17) is 16.6 Å². The molecule has 0 aliphatic rings. The Balaban J connectivity index is 2.44. The number of amides is 1. The van der Waals surface area contributed by atoms with Gasteiger partial charge in [-0.15, -0.1) is 0 Å². The third-order valence-electron chi connectivity index (χ3n) is 2.65. The van der Waals surface area contributed by atoms with Crippen molar-refractivity contribution in [3.05, 3.63) is 47.7 Å². The Kier molecular flexibility index (Phi) is 3.15. The van der Waals surface area contributed by atoms with Gasteiger partial charge in [0.15, 0.2) is 0 Å². The predicted molar refractivity (Wildman–Crippen MR) is 69.6 cm³/mol. The maximum Gasteiger partial charge on any atom is 0.335 e.